The Bertz CT molecular complexity index is 1370. The molecule has 0 spiro atoms. The van der Waals surface area contributed by atoms with Gasteiger partial charge in [-0.2, -0.15) is 13.2 Å². The fourth-order valence-corrected chi connectivity index (χ4v) is 4.56. The number of benzene rings is 1. The molecular formula is C24H22F4N6O3. The number of anilines is 1. The van der Waals surface area contributed by atoms with Crippen molar-refractivity contribution in [3.63, 3.8) is 0 Å². The van der Waals surface area contributed by atoms with Gasteiger partial charge in [0.05, 0.1) is 5.56 Å². The van der Waals surface area contributed by atoms with E-state index >= 15 is 0 Å². The van der Waals surface area contributed by atoms with Gasteiger partial charge in [0.2, 0.25) is 0 Å². The zero-order valence-corrected chi connectivity index (χ0v) is 19.7. The maximum absolute atomic E-state index is 14.8. The molecule has 0 fully saturated rings. The first-order valence-electron chi connectivity index (χ1n) is 11.6. The minimum Gasteiger partial charge on any atom is -0.440 e. The van der Waals surface area contributed by atoms with Crippen LogP contribution in [-0.4, -0.2) is 56.0 Å². The van der Waals surface area contributed by atoms with Crippen LogP contribution in [0.1, 0.15) is 46.7 Å². The lowest BCUT2D eigenvalue weighted by atomic mass is 9.97. The number of rotatable bonds is 4. The number of pyridine rings is 1. The maximum atomic E-state index is 14.8. The Morgan fingerprint density at radius 3 is 2.76 bits per heavy atom. The van der Waals surface area contributed by atoms with Gasteiger partial charge in [0.25, 0.3) is 5.91 Å². The highest BCUT2D eigenvalue weighted by Crippen LogP contribution is 2.30. The van der Waals surface area contributed by atoms with Crippen molar-refractivity contribution in [1.29, 1.82) is 0 Å². The van der Waals surface area contributed by atoms with Gasteiger partial charge < -0.3 is 19.5 Å². The summed E-state index contributed by atoms with van der Waals surface area (Å²) in [6.07, 6.45) is -3.80. The largest absolute Gasteiger partial charge is 0.440 e. The van der Waals surface area contributed by atoms with Crippen LogP contribution in [0.2, 0.25) is 0 Å². The van der Waals surface area contributed by atoms with Gasteiger partial charge in [0, 0.05) is 25.6 Å². The normalized spacial score (nSPS) is 16.8. The van der Waals surface area contributed by atoms with Gasteiger partial charge in [0.1, 0.15) is 23.2 Å². The molecule has 37 heavy (non-hydrogen) atoms. The van der Waals surface area contributed by atoms with Crippen LogP contribution in [-0.2, 0) is 24.1 Å². The average Bonchev–Trinajstić information content (AvgIpc) is 3.44. The van der Waals surface area contributed by atoms with Gasteiger partial charge in [-0.25, -0.2) is 14.2 Å². The molecule has 2 amide bonds. The predicted octanol–water partition coefficient (Wildman–Crippen LogP) is 4.30. The van der Waals surface area contributed by atoms with Crippen molar-refractivity contribution in [3.05, 3.63) is 58.7 Å². The summed E-state index contributed by atoms with van der Waals surface area (Å²) in [5.41, 5.74) is 1.22. The molecule has 4 heterocycles. The second-order valence-corrected chi connectivity index (χ2v) is 9.00. The number of aromatic nitrogens is 4. The van der Waals surface area contributed by atoms with Crippen molar-refractivity contribution in [2.24, 2.45) is 0 Å². The summed E-state index contributed by atoms with van der Waals surface area (Å²) in [4.78, 5) is 30.5. The zero-order valence-electron chi connectivity index (χ0n) is 19.7. The zero-order chi connectivity index (χ0) is 26.3. The van der Waals surface area contributed by atoms with E-state index in [1.165, 1.54) is 12.1 Å². The van der Waals surface area contributed by atoms with E-state index in [0.29, 0.717) is 22.6 Å². The molecule has 5 rings (SSSR count). The van der Waals surface area contributed by atoms with Crippen molar-refractivity contribution in [2.75, 3.05) is 18.5 Å². The third-order valence-corrected chi connectivity index (χ3v) is 6.38. The SMILES string of the molecule is C[C@@H]1CCc2nnc(-c3cccc(NC(=O)c4cc5c(cc4F)CCN(C(=O)OCC(F)(F)F)C5)n3)n21. The summed E-state index contributed by atoms with van der Waals surface area (Å²) in [5, 5.41) is 11.0. The molecule has 13 heteroatoms. The van der Waals surface area contributed by atoms with Gasteiger partial charge in [-0.1, -0.05) is 6.07 Å². The summed E-state index contributed by atoms with van der Waals surface area (Å²) in [6.45, 7) is 0.312. The number of carbonyl (C=O) groups excluding carboxylic acids is 2. The molecule has 1 N–H and O–H groups in total. The number of aryl methyl sites for hydroxylation is 1. The molecular weight excluding hydrogens is 496 g/mol. The van der Waals surface area contributed by atoms with Crippen molar-refractivity contribution in [2.45, 2.75) is 44.9 Å². The van der Waals surface area contributed by atoms with Crippen LogP contribution in [0.3, 0.4) is 0 Å². The van der Waals surface area contributed by atoms with Gasteiger partial charge >= 0.3 is 12.3 Å². The number of fused-ring (bicyclic) bond motifs is 2. The first-order valence-corrected chi connectivity index (χ1v) is 11.6. The number of alkyl halides is 3. The third-order valence-electron chi connectivity index (χ3n) is 6.38. The molecule has 0 saturated heterocycles. The number of ether oxygens (including phenoxy) is 1. The minimum atomic E-state index is -4.64. The fraction of sp³-hybridized carbons (Fsp3) is 0.375. The van der Waals surface area contributed by atoms with Crippen LogP contribution in [0.15, 0.2) is 30.3 Å². The number of nitrogens with zero attached hydrogens (tertiary/aromatic N) is 5. The average molecular weight is 518 g/mol. The highest BCUT2D eigenvalue weighted by atomic mass is 19.4. The van der Waals surface area contributed by atoms with E-state index in [4.69, 9.17) is 0 Å². The van der Waals surface area contributed by atoms with Crippen LogP contribution in [0.25, 0.3) is 11.5 Å². The molecule has 0 bridgehead atoms. The predicted molar refractivity (Wildman–Crippen MR) is 122 cm³/mol. The quantitative estimate of drug-likeness (QED) is 0.517. The molecule has 194 valence electrons. The summed E-state index contributed by atoms with van der Waals surface area (Å²) >= 11 is 0. The Hall–Kier alpha value is -4.03. The highest BCUT2D eigenvalue weighted by molar-refractivity contribution is 6.04. The van der Waals surface area contributed by atoms with Crippen LogP contribution in [0.4, 0.5) is 28.2 Å². The fourth-order valence-electron chi connectivity index (χ4n) is 4.56. The molecule has 0 unspecified atom stereocenters. The van der Waals surface area contributed by atoms with Crippen LogP contribution < -0.4 is 5.32 Å². The van der Waals surface area contributed by atoms with Crippen molar-refractivity contribution >= 4 is 17.8 Å². The second kappa shape index (κ2) is 9.45. The van der Waals surface area contributed by atoms with E-state index in [9.17, 15) is 27.2 Å². The van der Waals surface area contributed by atoms with Crippen molar-refractivity contribution in [3.8, 4) is 11.5 Å². The second-order valence-electron chi connectivity index (χ2n) is 9.00. The Balaban J connectivity index is 1.32. The Morgan fingerprint density at radius 1 is 1.16 bits per heavy atom. The van der Waals surface area contributed by atoms with Crippen LogP contribution >= 0.6 is 0 Å². The third kappa shape index (κ3) is 5.11. The molecule has 1 atom stereocenters. The topological polar surface area (TPSA) is 102 Å². The van der Waals surface area contributed by atoms with Gasteiger partial charge in [-0.3, -0.25) is 4.79 Å². The van der Waals surface area contributed by atoms with E-state index < -0.39 is 30.6 Å². The van der Waals surface area contributed by atoms with E-state index in [-0.39, 0.29) is 36.9 Å². The maximum Gasteiger partial charge on any atom is 0.422 e. The Labute approximate surface area is 208 Å². The van der Waals surface area contributed by atoms with E-state index in [1.54, 1.807) is 18.2 Å². The summed E-state index contributed by atoms with van der Waals surface area (Å²) in [7, 11) is 0. The number of carbonyl (C=O) groups is 2. The standard InChI is InChI=1S/C24H22F4N6O3/c1-13-5-6-20-31-32-21(34(13)20)18-3-2-4-19(29-18)30-22(35)16-9-15-11-33(8-7-14(15)10-17(16)25)23(36)37-12-24(26,27)28/h2-4,9-10,13H,5-8,11-12H2,1H3,(H,29,30,35)/t13-/m1/s1. The van der Waals surface area contributed by atoms with Crippen LogP contribution in [0.5, 0.6) is 0 Å². The number of hydrogen-bond donors (Lipinski definition) is 1. The van der Waals surface area contributed by atoms with Gasteiger partial charge in [-0.15, -0.1) is 10.2 Å². The number of nitrogens with one attached hydrogen (secondary N) is 1. The highest BCUT2D eigenvalue weighted by Gasteiger charge is 2.32. The molecule has 2 aliphatic heterocycles. The summed E-state index contributed by atoms with van der Waals surface area (Å²) < 4.78 is 58.2. The van der Waals surface area contributed by atoms with Gasteiger partial charge in [0.15, 0.2) is 12.4 Å². The molecule has 3 aromatic rings. The van der Waals surface area contributed by atoms with Crippen molar-refractivity contribution < 1.29 is 31.9 Å². The molecule has 1 aromatic carbocycles. The number of amides is 2. The first-order chi connectivity index (χ1) is 17.6. The smallest absolute Gasteiger partial charge is 0.422 e. The number of hydrogen-bond acceptors (Lipinski definition) is 6. The van der Waals surface area contributed by atoms with E-state index in [2.05, 4.69) is 32.2 Å². The minimum absolute atomic E-state index is 0.0658. The van der Waals surface area contributed by atoms with Crippen LogP contribution in [0, 0.1) is 5.82 Å². The molecule has 0 saturated carbocycles. The summed E-state index contributed by atoms with van der Waals surface area (Å²) in [6, 6.07) is 7.69. The molecule has 0 aliphatic carbocycles. The van der Waals surface area contributed by atoms with Gasteiger partial charge in [-0.05, 0) is 55.2 Å². The van der Waals surface area contributed by atoms with E-state index in [0.717, 1.165) is 23.6 Å². The first kappa shape index (κ1) is 24.7. The molecule has 0 radical (unpaired) electrons. The monoisotopic (exact) mass is 518 g/mol. The lowest BCUT2D eigenvalue weighted by molar-refractivity contribution is -0.162. The Kier molecular flexibility index (Phi) is 6.30. The number of halogens is 4. The molecule has 2 aromatic heterocycles. The lowest BCUT2D eigenvalue weighted by Gasteiger charge is -2.28. The lowest BCUT2D eigenvalue weighted by Crippen LogP contribution is -2.38. The molecule has 9 nitrogen and oxygen atoms in total. The van der Waals surface area contributed by atoms with E-state index in [1.807, 2.05) is 4.57 Å². The summed E-state index contributed by atoms with van der Waals surface area (Å²) in [5.74, 6) is 0.103. The Morgan fingerprint density at radius 2 is 1.97 bits per heavy atom. The van der Waals surface area contributed by atoms with Crippen molar-refractivity contribution in [1.82, 2.24) is 24.6 Å². The molecule has 2 aliphatic rings.